The number of carbonyl (C=O) groups is 2. The highest BCUT2D eigenvalue weighted by molar-refractivity contribution is 6.31. The Morgan fingerprint density at radius 1 is 1.05 bits per heavy atom. The maximum Gasteiger partial charge on any atom is 0.416 e. The zero-order chi connectivity index (χ0) is 28.8. The van der Waals surface area contributed by atoms with Crippen LogP contribution in [-0.2, 0) is 6.18 Å². The first-order valence-corrected chi connectivity index (χ1v) is 12.1. The Bertz CT molecular complexity index is 1680. The Hall–Kier alpha value is -4.29. The van der Waals surface area contributed by atoms with Crippen LogP contribution in [0.2, 0.25) is 5.02 Å². The lowest BCUT2D eigenvalue weighted by Gasteiger charge is -2.19. The Morgan fingerprint density at radius 2 is 1.82 bits per heavy atom. The van der Waals surface area contributed by atoms with Crippen molar-refractivity contribution in [2.75, 3.05) is 23.8 Å². The molecule has 4 aromatic rings. The molecule has 0 aliphatic carbocycles. The minimum absolute atomic E-state index is 0.0409. The molecular formula is C27H18ClF5N4O3. The summed E-state index contributed by atoms with van der Waals surface area (Å²) in [7, 11) is 0. The molecule has 13 heteroatoms. The summed E-state index contributed by atoms with van der Waals surface area (Å²) in [6, 6.07) is 8.44. The number of hydrogen-bond donors (Lipinski definition) is 4. The summed E-state index contributed by atoms with van der Waals surface area (Å²) in [5.74, 6) is -3.27. The molecule has 1 aliphatic heterocycles. The third-order valence-corrected chi connectivity index (χ3v) is 6.59. The number of rotatable bonds is 6. The van der Waals surface area contributed by atoms with E-state index >= 15 is 0 Å². The number of hydrogen-bond acceptors (Lipinski definition) is 5. The fourth-order valence-electron chi connectivity index (χ4n) is 4.54. The number of benzene rings is 3. The zero-order valence-corrected chi connectivity index (χ0v) is 20.9. The molecule has 3 aromatic carbocycles. The van der Waals surface area contributed by atoms with Crippen LogP contribution < -0.4 is 16.0 Å². The van der Waals surface area contributed by atoms with Gasteiger partial charge in [0.25, 0.3) is 11.8 Å². The zero-order valence-electron chi connectivity index (χ0n) is 20.2. The Kier molecular flexibility index (Phi) is 7.06. The van der Waals surface area contributed by atoms with E-state index in [4.69, 9.17) is 16.7 Å². The summed E-state index contributed by atoms with van der Waals surface area (Å²) < 4.78 is 68.0. The third-order valence-electron chi connectivity index (χ3n) is 6.25. The number of anilines is 2. The summed E-state index contributed by atoms with van der Waals surface area (Å²) in [6.45, 7) is -0.00791. The number of aromatic nitrogens is 1. The summed E-state index contributed by atoms with van der Waals surface area (Å²) >= 11 is 6.31. The largest absolute Gasteiger partial charge is 0.416 e. The third kappa shape index (κ3) is 5.15. The molecule has 0 bridgehead atoms. The van der Waals surface area contributed by atoms with E-state index in [0.717, 1.165) is 12.1 Å². The van der Waals surface area contributed by atoms with Crippen LogP contribution >= 0.6 is 11.6 Å². The number of alkyl halides is 3. The first-order chi connectivity index (χ1) is 19.0. The standard InChI is InChI=1S/C27H18ClF5N4O3/c28-18-3-1-14(29)10-17(18)24-23-20(36-25(39)12-7-13(27(31,32)33)9-15(30)8-12)11-19-16(22(23)26(40)37-24)2-4-21(35-19)34-5-6-38/h1-4,7-11,24,38H,5-6H2,(H,34,35)(H,36,39)(H,37,40). The molecule has 2 amide bonds. The molecule has 4 N–H and O–H groups in total. The lowest BCUT2D eigenvalue weighted by atomic mass is 9.93. The number of nitrogens with zero attached hydrogens (tertiary/aromatic N) is 1. The molecule has 0 fully saturated rings. The maximum atomic E-state index is 14.2. The molecule has 0 saturated carbocycles. The molecule has 40 heavy (non-hydrogen) atoms. The van der Waals surface area contributed by atoms with Gasteiger partial charge in [-0.1, -0.05) is 11.6 Å². The predicted molar refractivity (Wildman–Crippen MR) is 137 cm³/mol. The Morgan fingerprint density at radius 3 is 2.55 bits per heavy atom. The van der Waals surface area contributed by atoms with E-state index in [0.29, 0.717) is 23.3 Å². The normalized spacial score (nSPS) is 14.7. The van der Waals surface area contributed by atoms with Crippen LogP contribution in [0.1, 0.15) is 43.4 Å². The average molecular weight is 577 g/mol. The van der Waals surface area contributed by atoms with Crippen molar-refractivity contribution in [2.24, 2.45) is 0 Å². The van der Waals surface area contributed by atoms with E-state index in [-0.39, 0.29) is 52.1 Å². The fourth-order valence-corrected chi connectivity index (χ4v) is 4.77. The molecule has 1 aromatic heterocycles. The average Bonchev–Trinajstić information content (AvgIpc) is 3.25. The van der Waals surface area contributed by atoms with Crippen LogP contribution in [-0.4, -0.2) is 35.1 Å². The van der Waals surface area contributed by atoms with Crippen molar-refractivity contribution >= 4 is 45.8 Å². The van der Waals surface area contributed by atoms with Crippen molar-refractivity contribution in [3.63, 3.8) is 0 Å². The van der Waals surface area contributed by atoms with Crippen LogP contribution in [0, 0.1) is 11.6 Å². The molecule has 206 valence electrons. The van der Waals surface area contributed by atoms with E-state index in [1.165, 1.54) is 12.1 Å². The summed E-state index contributed by atoms with van der Waals surface area (Å²) in [5, 5.41) is 17.6. The van der Waals surface area contributed by atoms with Crippen molar-refractivity contribution in [3.8, 4) is 0 Å². The van der Waals surface area contributed by atoms with Gasteiger partial charge in [-0.05, 0) is 54.6 Å². The molecule has 0 spiro atoms. The molecule has 2 heterocycles. The van der Waals surface area contributed by atoms with Crippen molar-refractivity contribution in [1.29, 1.82) is 0 Å². The van der Waals surface area contributed by atoms with E-state index in [1.807, 2.05) is 0 Å². The SMILES string of the molecule is O=C(Nc1cc2nc(NCCO)ccc2c2c1C(c1cc(F)ccc1Cl)NC2=O)c1cc(F)cc(C(F)(F)F)c1. The number of aliphatic hydroxyl groups is 1. The first-order valence-electron chi connectivity index (χ1n) is 11.7. The second-order valence-electron chi connectivity index (χ2n) is 8.88. The van der Waals surface area contributed by atoms with E-state index < -0.39 is 46.8 Å². The molecule has 1 atom stereocenters. The van der Waals surface area contributed by atoms with Gasteiger partial charge in [-0.2, -0.15) is 13.2 Å². The van der Waals surface area contributed by atoms with Crippen LogP contribution in [0.5, 0.6) is 0 Å². The van der Waals surface area contributed by atoms with Gasteiger partial charge in [0.15, 0.2) is 0 Å². The molecule has 0 radical (unpaired) electrons. The lowest BCUT2D eigenvalue weighted by molar-refractivity contribution is -0.137. The van der Waals surface area contributed by atoms with Gasteiger partial charge in [-0.3, -0.25) is 9.59 Å². The highest BCUT2D eigenvalue weighted by Crippen LogP contribution is 2.43. The summed E-state index contributed by atoms with van der Waals surface area (Å²) in [5.41, 5.74) is -1.38. The van der Waals surface area contributed by atoms with Gasteiger partial charge < -0.3 is 21.1 Å². The van der Waals surface area contributed by atoms with Crippen LogP contribution in [0.15, 0.2) is 54.6 Å². The van der Waals surface area contributed by atoms with E-state index in [1.54, 1.807) is 12.1 Å². The van der Waals surface area contributed by atoms with Gasteiger partial charge in [0.1, 0.15) is 17.5 Å². The lowest BCUT2D eigenvalue weighted by Crippen LogP contribution is -2.21. The van der Waals surface area contributed by atoms with Crippen molar-refractivity contribution < 1.29 is 36.6 Å². The van der Waals surface area contributed by atoms with Crippen LogP contribution in [0.25, 0.3) is 10.9 Å². The Labute approximate surface area is 228 Å². The van der Waals surface area contributed by atoms with Gasteiger partial charge >= 0.3 is 6.18 Å². The molecule has 7 nitrogen and oxygen atoms in total. The topological polar surface area (TPSA) is 103 Å². The maximum absolute atomic E-state index is 14.2. The van der Waals surface area contributed by atoms with Gasteiger partial charge in [-0.15, -0.1) is 0 Å². The van der Waals surface area contributed by atoms with Crippen LogP contribution in [0.3, 0.4) is 0 Å². The summed E-state index contributed by atoms with van der Waals surface area (Å²) in [6.07, 6.45) is -4.90. The number of pyridine rings is 1. The predicted octanol–water partition coefficient (Wildman–Crippen LogP) is 5.67. The van der Waals surface area contributed by atoms with Gasteiger partial charge in [0.2, 0.25) is 0 Å². The van der Waals surface area contributed by atoms with Crippen molar-refractivity contribution in [3.05, 3.63) is 99.1 Å². The number of halogens is 6. The minimum atomic E-state index is -4.90. The quantitative estimate of drug-likeness (QED) is 0.221. The van der Waals surface area contributed by atoms with Crippen molar-refractivity contribution in [2.45, 2.75) is 12.2 Å². The van der Waals surface area contributed by atoms with E-state index in [9.17, 15) is 31.5 Å². The van der Waals surface area contributed by atoms with Gasteiger partial charge in [-0.25, -0.2) is 13.8 Å². The monoisotopic (exact) mass is 576 g/mol. The number of fused-ring (bicyclic) bond motifs is 3. The number of aliphatic hydroxyl groups excluding tert-OH is 1. The number of amides is 2. The van der Waals surface area contributed by atoms with Crippen LogP contribution in [0.4, 0.5) is 33.5 Å². The van der Waals surface area contributed by atoms with Gasteiger partial charge in [0.05, 0.1) is 29.3 Å². The molecule has 1 aliphatic rings. The van der Waals surface area contributed by atoms with E-state index in [2.05, 4.69) is 20.9 Å². The molecule has 1 unspecified atom stereocenters. The first kappa shape index (κ1) is 27.3. The smallest absolute Gasteiger partial charge is 0.395 e. The molecule has 0 saturated heterocycles. The highest BCUT2D eigenvalue weighted by Gasteiger charge is 2.37. The Balaban J connectivity index is 1.68. The highest BCUT2D eigenvalue weighted by atomic mass is 35.5. The number of carbonyl (C=O) groups excluding carboxylic acids is 2. The number of nitrogens with one attached hydrogen (secondary N) is 3. The fraction of sp³-hybridized carbons (Fsp3) is 0.148. The second kappa shape index (κ2) is 10.4. The summed E-state index contributed by atoms with van der Waals surface area (Å²) in [4.78, 5) is 30.8. The second-order valence-corrected chi connectivity index (χ2v) is 9.29. The minimum Gasteiger partial charge on any atom is -0.395 e. The molecule has 5 rings (SSSR count). The van der Waals surface area contributed by atoms with Crippen molar-refractivity contribution in [1.82, 2.24) is 10.3 Å². The molecular weight excluding hydrogens is 559 g/mol. The van der Waals surface area contributed by atoms with Gasteiger partial charge in [0, 0.05) is 39.3 Å².